The summed E-state index contributed by atoms with van der Waals surface area (Å²) < 4.78 is 0. The van der Waals surface area contributed by atoms with Crippen LogP contribution < -0.4 is 5.32 Å². The second-order valence-electron chi connectivity index (χ2n) is 4.37. The summed E-state index contributed by atoms with van der Waals surface area (Å²) in [6, 6.07) is 0. The van der Waals surface area contributed by atoms with Crippen LogP contribution in [0.25, 0.3) is 0 Å². The van der Waals surface area contributed by atoms with Crippen molar-refractivity contribution in [2.75, 3.05) is 25.1 Å². The van der Waals surface area contributed by atoms with Crippen molar-refractivity contribution >= 4 is 11.8 Å². The monoisotopic (exact) mass is 213 g/mol. The van der Waals surface area contributed by atoms with Gasteiger partial charge in [-0.1, -0.05) is 19.1 Å². The van der Waals surface area contributed by atoms with Crippen LogP contribution in [0.2, 0.25) is 0 Å². The van der Waals surface area contributed by atoms with E-state index in [0.29, 0.717) is 0 Å². The normalized spacial score (nSPS) is 23.7. The molecule has 0 aromatic rings. The fraction of sp³-hybridized carbons (Fsp3) is 0.833. The molecule has 0 radical (unpaired) electrons. The average molecular weight is 213 g/mol. The molecule has 1 nitrogen and oxygen atoms in total. The summed E-state index contributed by atoms with van der Waals surface area (Å²) in [5.74, 6) is 2.98. The summed E-state index contributed by atoms with van der Waals surface area (Å²) >= 11 is 1.94. The molecule has 0 aliphatic heterocycles. The largest absolute Gasteiger partial charge is 0.316 e. The van der Waals surface area contributed by atoms with Crippen molar-refractivity contribution in [3.8, 4) is 0 Å². The molecule has 0 fully saturated rings. The van der Waals surface area contributed by atoms with E-state index in [9.17, 15) is 0 Å². The van der Waals surface area contributed by atoms with Crippen LogP contribution in [0.4, 0.5) is 0 Å². The number of hydrogen-bond donors (Lipinski definition) is 1. The van der Waals surface area contributed by atoms with E-state index in [0.717, 1.165) is 11.8 Å². The Hall–Kier alpha value is 0.0500. The standard InChI is InChI=1S/C12H23NS/c1-11(10-14-2)8-13-9-12-6-4-3-5-7-12/h3-4,11-13H,5-10H2,1-2H3. The molecule has 0 spiro atoms. The molecule has 14 heavy (non-hydrogen) atoms. The molecule has 0 saturated carbocycles. The highest BCUT2D eigenvalue weighted by Crippen LogP contribution is 2.16. The minimum Gasteiger partial charge on any atom is -0.316 e. The fourth-order valence-electron chi connectivity index (χ4n) is 1.92. The van der Waals surface area contributed by atoms with E-state index in [1.165, 1.54) is 38.1 Å². The topological polar surface area (TPSA) is 12.0 Å². The van der Waals surface area contributed by atoms with Gasteiger partial charge in [-0.3, -0.25) is 0 Å². The van der Waals surface area contributed by atoms with Crippen LogP contribution >= 0.6 is 11.8 Å². The summed E-state index contributed by atoms with van der Waals surface area (Å²) in [6.07, 6.45) is 10.8. The van der Waals surface area contributed by atoms with Gasteiger partial charge in [0.25, 0.3) is 0 Å². The highest BCUT2D eigenvalue weighted by molar-refractivity contribution is 7.98. The first-order chi connectivity index (χ1) is 6.83. The number of hydrogen-bond acceptors (Lipinski definition) is 2. The Morgan fingerprint density at radius 1 is 1.50 bits per heavy atom. The molecule has 0 bridgehead atoms. The van der Waals surface area contributed by atoms with Gasteiger partial charge in [0.05, 0.1) is 0 Å². The van der Waals surface area contributed by atoms with Gasteiger partial charge in [-0.15, -0.1) is 0 Å². The molecule has 2 atom stereocenters. The molecule has 2 heteroatoms. The summed E-state index contributed by atoms with van der Waals surface area (Å²) in [5.41, 5.74) is 0. The zero-order valence-electron chi connectivity index (χ0n) is 9.46. The predicted molar refractivity (Wildman–Crippen MR) is 66.9 cm³/mol. The van der Waals surface area contributed by atoms with Crippen LogP contribution in [0.1, 0.15) is 26.2 Å². The average Bonchev–Trinajstić information content (AvgIpc) is 2.20. The van der Waals surface area contributed by atoms with E-state index >= 15 is 0 Å². The lowest BCUT2D eigenvalue weighted by atomic mass is 9.94. The molecule has 0 aromatic heterocycles. The minimum atomic E-state index is 0.809. The van der Waals surface area contributed by atoms with Gasteiger partial charge in [0.1, 0.15) is 0 Å². The van der Waals surface area contributed by atoms with Crippen LogP contribution in [-0.4, -0.2) is 25.1 Å². The maximum Gasteiger partial charge on any atom is -0.00152 e. The van der Waals surface area contributed by atoms with Crippen LogP contribution in [0, 0.1) is 11.8 Å². The summed E-state index contributed by atoms with van der Waals surface area (Å²) in [6.45, 7) is 4.72. The lowest BCUT2D eigenvalue weighted by Crippen LogP contribution is -2.28. The van der Waals surface area contributed by atoms with Crippen LogP contribution in [0.15, 0.2) is 12.2 Å². The molecule has 0 saturated heterocycles. The number of rotatable bonds is 6. The first-order valence-electron chi connectivity index (χ1n) is 5.67. The fourth-order valence-corrected chi connectivity index (χ4v) is 2.61. The van der Waals surface area contributed by atoms with E-state index in [1.807, 2.05) is 11.8 Å². The van der Waals surface area contributed by atoms with E-state index < -0.39 is 0 Å². The highest BCUT2D eigenvalue weighted by Gasteiger charge is 2.09. The molecule has 2 unspecified atom stereocenters. The molecular weight excluding hydrogens is 190 g/mol. The van der Waals surface area contributed by atoms with Gasteiger partial charge in [-0.05, 0) is 56.2 Å². The Morgan fingerprint density at radius 3 is 3.00 bits per heavy atom. The molecule has 82 valence electrons. The third kappa shape index (κ3) is 5.06. The lowest BCUT2D eigenvalue weighted by molar-refractivity contribution is 0.424. The smallest absolute Gasteiger partial charge is 0.00152 e. The Bertz CT molecular complexity index is 168. The first kappa shape index (κ1) is 12.1. The van der Waals surface area contributed by atoms with Crippen LogP contribution in [0.3, 0.4) is 0 Å². The number of allylic oxidation sites excluding steroid dienone is 2. The van der Waals surface area contributed by atoms with Gasteiger partial charge in [-0.25, -0.2) is 0 Å². The summed E-state index contributed by atoms with van der Waals surface area (Å²) in [7, 11) is 0. The molecule has 0 aromatic carbocycles. The summed E-state index contributed by atoms with van der Waals surface area (Å²) in [4.78, 5) is 0. The van der Waals surface area contributed by atoms with Crippen molar-refractivity contribution in [3.63, 3.8) is 0 Å². The predicted octanol–water partition coefficient (Wildman–Crippen LogP) is 2.93. The number of thioether (sulfide) groups is 1. The van der Waals surface area contributed by atoms with Crippen molar-refractivity contribution in [1.82, 2.24) is 5.32 Å². The SMILES string of the molecule is CSCC(C)CNCC1CC=CCC1. The Labute approximate surface area is 92.7 Å². The van der Waals surface area contributed by atoms with Crippen molar-refractivity contribution in [1.29, 1.82) is 0 Å². The van der Waals surface area contributed by atoms with Gasteiger partial charge >= 0.3 is 0 Å². The molecule has 1 aliphatic carbocycles. The van der Waals surface area contributed by atoms with Crippen molar-refractivity contribution < 1.29 is 0 Å². The molecule has 0 amide bonds. The zero-order valence-corrected chi connectivity index (χ0v) is 10.3. The quantitative estimate of drug-likeness (QED) is 0.681. The van der Waals surface area contributed by atoms with Gasteiger partial charge in [0, 0.05) is 0 Å². The van der Waals surface area contributed by atoms with Crippen molar-refractivity contribution in [2.45, 2.75) is 26.2 Å². The van der Waals surface area contributed by atoms with Crippen molar-refractivity contribution in [3.05, 3.63) is 12.2 Å². The molecule has 0 heterocycles. The van der Waals surface area contributed by atoms with E-state index in [4.69, 9.17) is 0 Å². The Morgan fingerprint density at radius 2 is 2.36 bits per heavy atom. The lowest BCUT2D eigenvalue weighted by Gasteiger charge is -2.19. The second-order valence-corrected chi connectivity index (χ2v) is 5.28. The first-order valence-corrected chi connectivity index (χ1v) is 7.07. The Balaban J connectivity index is 2.00. The minimum absolute atomic E-state index is 0.809. The third-order valence-electron chi connectivity index (χ3n) is 2.75. The molecule has 1 rings (SSSR count). The molecule has 1 N–H and O–H groups in total. The van der Waals surface area contributed by atoms with Crippen LogP contribution in [0.5, 0.6) is 0 Å². The van der Waals surface area contributed by atoms with Crippen LogP contribution in [-0.2, 0) is 0 Å². The van der Waals surface area contributed by atoms with Gasteiger partial charge in [-0.2, -0.15) is 11.8 Å². The third-order valence-corrected chi connectivity index (χ3v) is 3.66. The van der Waals surface area contributed by atoms with E-state index in [-0.39, 0.29) is 0 Å². The van der Waals surface area contributed by atoms with Crippen molar-refractivity contribution in [2.24, 2.45) is 11.8 Å². The second kappa shape index (κ2) is 7.36. The molecular formula is C12H23NS. The highest BCUT2D eigenvalue weighted by atomic mass is 32.2. The maximum absolute atomic E-state index is 3.59. The van der Waals surface area contributed by atoms with Gasteiger partial charge in [0.15, 0.2) is 0 Å². The maximum atomic E-state index is 3.59. The van der Waals surface area contributed by atoms with E-state index in [2.05, 4.69) is 30.6 Å². The number of nitrogens with one attached hydrogen (secondary N) is 1. The zero-order chi connectivity index (χ0) is 10.2. The Kier molecular flexibility index (Phi) is 6.37. The molecule has 1 aliphatic rings. The van der Waals surface area contributed by atoms with E-state index in [1.54, 1.807) is 0 Å². The van der Waals surface area contributed by atoms with Gasteiger partial charge in [0.2, 0.25) is 0 Å². The summed E-state index contributed by atoms with van der Waals surface area (Å²) in [5, 5.41) is 3.59. The van der Waals surface area contributed by atoms with Gasteiger partial charge < -0.3 is 5.32 Å².